The molecule has 108 valence electrons. The number of amides is 1. The zero-order valence-corrected chi connectivity index (χ0v) is 11.6. The average Bonchev–Trinajstić information content (AvgIpc) is 2.41. The van der Waals surface area contributed by atoms with Crippen LogP contribution < -0.4 is 5.73 Å². The van der Waals surface area contributed by atoms with Crippen LogP contribution in [0.5, 0.6) is 0 Å². The van der Waals surface area contributed by atoms with Crippen LogP contribution in [-0.4, -0.2) is 33.3 Å². The van der Waals surface area contributed by atoms with Crippen molar-refractivity contribution in [3.05, 3.63) is 27.9 Å². The van der Waals surface area contributed by atoms with Gasteiger partial charge in [0, 0.05) is 18.7 Å². The first-order valence-electron chi connectivity index (χ1n) is 6.61. The smallest absolute Gasteiger partial charge is 0.288 e. The molecule has 2 atom stereocenters. The van der Waals surface area contributed by atoms with E-state index in [1.54, 1.807) is 4.90 Å². The standard InChI is InChI=1S/C13H18N4O3/c1-8-3-4-9(2)16(7-8)13(18)11-5-10(17(19)20)6-15-12(11)14/h5-6,8-9H,3-4,7H2,1-2H3,(H2,14,15). The van der Waals surface area contributed by atoms with Crippen molar-refractivity contribution in [2.75, 3.05) is 12.3 Å². The Morgan fingerprint density at radius 3 is 2.85 bits per heavy atom. The molecule has 2 rings (SSSR count). The fourth-order valence-electron chi connectivity index (χ4n) is 2.46. The lowest BCUT2D eigenvalue weighted by Crippen LogP contribution is -2.45. The van der Waals surface area contributed by atoms with Gasteiger partial charge in [-0.3, -0.25) is 14.9 Å². The molecule has 7 heteroatoms. The number of rotatable bonds is 2. The number of nitrogen functional groups attached to an aromatic ring is 1. The van der Waals surface area contributed by atoms with E-state index in [1.807, 2.05) is 6.92 Å². The van der Waals surface area contributed by atoms with Crippen molar-refractivity contribution in [3.8, 4) is 0 Å². The Morgan fingerprint density at radius 1 is 1.50 bits per heavy atom. The van der Waals surface area contributed by atoms with Crippen LogP contribution in [0.25, 0.3) is 0 Å². The van der Waals surface area contributed by atoms with E-state index in [0.717, 1.165) is 19.0 Å². The normalized spacial score (nSPS) is 22.6. The monoisotopic (exact) mass is 278 g/mol. The van der Waals surface area contributed by atoms with Gasteiger partial charge in [-0.2, -0.15) is 0 Å². The molecule has 1 saturated heterocycles. The zero-order valence-electron chi connectivity index (χ0n) is 11.6. The van der Waals surface area contributed by atoms with Crippen LogP contribution in [0, 0.1) is 16.0 Å². The number of nitrogens with zero attached hydrogens (tertiary/aromatic N) is 3. The van der Waals surface area contributed by atoms with Crippen molar-refractivity contribution in [2.45, 2.75) is 32.7 Å². The summed E-state index contributed by atoms with van der Waals surface area (Å²) in [6, 6.07) is 1.31. The van der Waals surface area contributed by atoms with Crippen molar-refractivity contribution >= 4 is 17.4 Å². The van der Waals surface area contributed by atoms with Gasteiger partial charge in [-0.25, -0.2) is 4.98 Å². The molecule has 1 fully saturated rings. The SMILES string of the molecule is CC1CCC(C)N(C(=O)c2cc([N+](=O)[O-])cnc2N)C1. The number of carbonyl (C=O) groups excluding carboxylic acids is 1. The first-order valence-corrected chi connectivity index (χ1v) is 6.61. The van der Waals surface area contributed by atoms with Crippen molar-refractivity contribution in [2.24, 2.45) is 5.92 Å². The number of nitrogens with two attached hydrogens (primary N) is 1. The third kappa shape index (κ3) is 2.71. The maximum absolute atomic E-state index is 12.5. The van der Waals surface area contributed by atoms with Crippen molar-refractivity contribution < 1.29 is 9.72 Å². The highest BCUT2D eigenvalue weighted by atomic mass is 16.6. The van der Waals surface area contributed by atoms with Crippen molar-refractivity contribution in [1.29, 1.82) is 0 Å². The van der Waals surface area contributed by atoms with E-state index in [4.69, 9.17) is 5.73 Å². The van der Waals surface area contributed by atoms with E-state index >= 15 is 0 Å². The van der Waals surface area contributed by atoms with Gasteiger partial charge in [0.15, 0.2) is 0 Å². The summed E-state index contributed by atoms with van der Waals surface area (Å²) in [6.45, 7) is 4.70. The Balaban J connectivity index is 2.32. The Morgan fingerprint density at radius 2 is 2.20 bits per heavy atom. The first-order chi connectivity index (χ1) is 9.40. The van der Waals surface area contributed by atoms with Gasteiger partial charge in [-0.1, -0.05) is 6.92 Å². The number of aromatic nitrogens is 1. The van der Waals surface area contributed by atoms with Crippen LogP contribution in [0.2, 0.25) is 0 Å². The van der Waals surface area contributed by atoms with E-state index < -0.39 is 4.92 Å². The molecule has 2 heterocycles. The van der Waals surface area contributed by atoms with Gasteiger partial charge >= 0.3 is 0 Å². The summed E-state index contributed by atoms with van der Waals surface area (Å²) in [6.07, 6.45) is 3.07. The summed E-state index contributed by atoms with van der Waals surface area (Å²) in [7, 11) is 0. The van der Waals surface area contributed by atoms with E-state index in [1.165, 1.54) is 6.07 Å². The van der Waals surface area contributed by atoms with Crippen molar-refractivity contribution in [1.82, 2.24) is 9.88 Å². The first kappa shape index (κ1) is 14.2. The second kappa shape index (κ2) is 5.44. The van der Waals surface area contributed by atoms with Gasteiger partial charge in [0.05, 0.1) is 10.5 Å². The molecule has 20 heavy (non-hydrogen) atoms. The lowest BCUT2D eigenvalue weighted by atomic mass is 9.94. The maximum atomic E-state index is 12.5. The molecule has 0 saturated carbocycles. The molecule has 7 nitrogen and oxygen atoms in total. The number of likely N-dealkylation sites (tertiary alicyclic amines) is 1. The minimum atomic E-state index is -0.578. The Labute approximate surface area is 116 Å². The summed E-state index contributed by atoms with van der Waals surface area (Å²) >= 11 is 0. The fourth-order valence-corrected chi connectivity index (χ4v) is 2.46. The Kier molecular flexibility index (Phi) is 3.87. The van der Waals surface area contributed by atoms with Gasteiger partial charge in [-0.05, 0) is 25.7 Å². The fraction of sp³-hybridized carbons (Fsp3) is 0.538. The van der Waals surface area contributed by atoms with E-state index in [-0.39, 0.29) is 29.0 Å². The number of hydrogen-bond donors (Lipinski definition) is 1. The summed E-state index contributed by atoms with van der Waals surface area (Å²) in [5, 5.41) is 10.8. The van der Waals surface area contributed by atoms with Crippen LogP contribution in [0.1, 0.15) is 37.0 Å². The number of hydrogen-bond acceptors (Lipinski definition) is 5. The van der Waals surface area contributed by atoms with Gasteiger partial charge in [-0.15, -0.1) is 0 Å². The summed E-state index contributed by atoms with van der Waals surface area (Å²) in [5.74, 6) is 0.173. The predicted molar refractivity (Wildman–Crippen MR) is 74.2 cm³/mol. The molecule has 0 spiro atoms. The minimum Gasteiger partial charge on any atom is -0.383 e. The molecular weight excluding hydrogens is 260 g/mol. The minimum absolute atomic E-state index is 0.0334. The predicted octanol–water partition coefficient (Wildman–Crippen LogP) is 1.83. The molecule has 1 aromatic rings. The number of carbonyl (C=O) groups is 1. The van der Waals surface area contributed by atoms with Crippen LogP contribution >= 0.6 is 0 Å². The number of pyridine rings is 1. The van der Waals surface area contributed by atoms with Gasteiger partial charge in [0.1, 0.15) is 12.0 Å². The molecule has 1 aliphatic heterocycles. The molecular formula is C13H18N4O3. The zero-order chi connectivity index (χ0) is 14.9. The molecule has 0 radical (unpaired) electrons. The quantitative estimate of drug-likeness (QED) is 0.656. The third-order valence-electron chi connectivity index (χ3n) is 3.72. The van der Waals surface area contributed by atoms with Crippen LogP contribution in [-0.2, 0) is 0 Å². The lowest BCUT2D eigenvalue weighted by molar-refractivity contribution is -0.385. The largest absolute Gasteiger partial charge is 0.383 e. The second-order valence-electron chi connectivity index (χ2n) is 5.37. The Bertz CT molecular complexity index is 546. The van der Waals surface area contributed by atoms with Gasteiger partial charge in [0.2, 0.25) is 0 Å². The molecule has 2 N–H and O–H groups in total. The molecule has 1 aromatic heterocycles. The second-order valence-corrected chi connectivity index (χ2v) is 5.37. The summed E-state index contributed by atoms with van der Waals surface area (Å²) in [4.78, 5) is 28.2. The van der Waals surface area contributed by atoms with Gasteiger partial charge in [0.25, 0.3) is 11.6 Å². The van der Waals surface area contributed by atoms with Gasteiger partial charge < -0.3 is 10.6 Å². The summed E-state index contributed by atoms with van der Waals surface area (Å²) in [5.41, 5.74) is 5.59. The molecule has 0 aliphatic carbocycles. The van der Waals surface area contributed by atoms with Crippen LogP contribution in [0.15, 0.2) is 12.3 Å². The average molecular weight is 278 g/mol. The lowest BCUT2D eigenvalue weighted by Gasteiger charge is -2.36. The number of nitro groups is 1. The maximum Gasteiger partial charge on any atom is 0.288 e. The van der Waals surface area contributed by atoms with Crippen LogP contribution in [0.3, 0.4) is 0 Å². The molecule has 1 amide bonds. The highest BCUT2D eigenvalue weighted by Gasteiger charge is 2.29. The molecule has 2 unspecified atom stereocenters. The summed E-state index contributed by atoms with van der Waals surface area (Å²) < 4.78 is 0. The van der Waals surface area contributed by atoms with Crippen molar-refractivity contribution in [3.63, 3.8) is 0 Å². The highest BCUT2D eigenvalue weighted by molar-refractivity contribution is 5.99. The number of piperidine rings is 1. The Hall–Kier alpha value is -2.18. The molecule has 1 aliphatic rings. The third-order valence-corrected chi connectivity index (χ3v) is 3.72. The van der Waals surface area contributed by atoms with Crippen LogP contribution in [0.4, 0.5) is 11.5 Å². The molecule has 0 bridgehead atoms. The van der Waals surface area contributed by atoms with E-state index in [0.29, 0.717) is 12.5 Å². The highest BCUT2D eigenvalue weighted by Crippen LogP contribution is 2.25. The topological polar surface area (TPSA) is 102 Å². The van der Waals surface area contributed by atoms with E-state index in [9.17, 15) is 14.9 Å². The number of anilines is 1. The molecule has 0 aromatic carbocycles. The van der Waals surface area contributed by atoms with E-state index in [2.05, 4.69) is 11.9 Å².